The van der Waals surface area contributed by atoms with Crippen LogP contribution >= 0.6 is 23.4 Å². The lowest BCUT2D eigenvalue weighted by atomic mass is 10.3. The molecular weight excluding hydrogens is 204 g/mol. The Kier molecular flexibility index (Phi) is 2.22. The highest BCUT2D eigenvalue weighted by Crippen LogP contribution is 2.35. The van der Waals surface area contributed by atoms with E-state index in [4.69, 9.17) is 11.6 Å². The summed E-state index contributed by atoms with van der Waals surface area (Å²) in [7, 11) is 0. The molecule has 1 aromatic rings. The molecule has 2 rings (SSSR count). The molecule has 0 unspecified atom stereocenters. The summed E-state index contributed by atoms with van der Waals surface area (Å²) in [5, 5.41) is 3.87. The molecule has 0 radical (unpaired) electrons. The van der Waals surface area contributed by atoms with E-state index in [2.05, 4.69) is 16.9 Å². The normalized spacial score (nSPS) is 15.1. The maximum atomic E-state index is 5.96. The zero-order chi connectivity index (χ0) is 9.42. The molecule has 68 valence electrons. The van der Waals surface area contributed by atoms with Gasteiger partial charge in [-0.15, -0.1) is 11.8 Å². The van der Waals surface area contributed by atoms with Gasteiger partial charge in [-0.1, -0.05) is 18.2 Å². The minimum atomic E-state index is 0.723. The maximum Gasteiger partial charge on any atom is 0.144 e. The molecule has 1 aliphatic rings. The van der Waals surface area contributed by atoms with Gasteiger partial charge in [-0.2, -0.15) is 0 Å². The zero-order valence-corrected chi connectivity index (χ0v) is 8.80. The van der Waals surface area contributed by atoms with E-state index in [1.807, 2.05) is 13.0 Å². The lowest BCUT2D eigenvalue weighted by Gasteiger charge is -2.18. The second-order valence-corrected chi connectivity index (χ2v) is 4.34. The number of rotatable bonds is 0. The first-order valence-electron chi connectivity index (χ1n) is 3.91. The molecule has 0 atom stereocenters. The SMILES string of the molecule is C=C1CSc2cc(Cl)c(C)nc2N1. The first-order chi connectivity index (χ1) is 6.16. The van der Waals surface area contributed by atoms with Gasteiger partial charge >= 0.3 is 0 Å². The fourth-order valence-corrected chi connectivity index (χ4v) is 2.18. The monoisotopic (exact) mass is 212 g/mol. The van der Waals surface area contributed by atoms with Crippen LogP contribution in [0.15, 0.2) is 23.2 Å². The Balaban J connectivity index is 2.49. The molecule has 1 aromatic heterocycles. The maximum absolute atomic E-state index is 5.96. The summed E-state index contributed by atoms with van der Waals surface area (Å²) in [6.45, 7) is 5.76. The van der Waals surface area contributed by atoms with Crippen LogP contribution in [0, 0.1) is 6.92 Å². The third-order valence-electron chi connectivity index (χ3n) is 1.81. The molecule has 13 heavy (non-hydrogen) atoms. The van der Waals surface area contributed by atoms with Gasteiger partial charge in [0.25, 0.3) is 0 Å². The number of pyridine rings is 1. The van der Waals surface area contributed by atoms with Crippen molar-refractivity contribution in [2.45, 2.75) is 11.8 Å². The molecule has 0 aliphatic carbocycles. The van der Waals surface area contributed by atoms with Crippen LogP contribution in [-0.2, 0) is 0 Å². The molecule has 0 aromatic carbocycles. The van der Waals surface area contributed by atoms with Crippen LogP contribution < -0.4 is 5.32 Å². The van der Waals surface area contributed by atoms with Gasteiger partial charge in [0, 0.05) is 11.4 Å². The van der Waals surface area contributed by atoms with Gasteiger partial charge in [0.2, 0.25) is 0 Å². The van der Waals surface area contributed by atoms with Crippen molar-refractivity contribution >= 4 is 29.2 Å². The van der Waals surface area contributed by atoms with E-state index < -0.39 is 0 Å². The van der Waals surface area contributed by atoms with Crippen molar-refractivity contribution in [3.8, 4) is 0 Å². The summed E-state index contributed by atoms with van der Waals surface area (Å²) in [6, 6.07) is 1.95. The van der Waals surface area contributed by atoms with E-state index in [-0.39, 0.29) is 0 Å². The van der Waals surface area contributed by atoms with Crippen molar-refractivity contribution in [2.24, 2.45) is 0 Å². The van der Waals surface area contributed by atoms with Gasteiger partial charge < -0.3 is 5.32 Å². The van der Waals surface area contributed by atoms with E-state index in [9.17, 15) is 0 Å². The largest absolute Gasteiger partial charge is 0.343 e. The Morgan fingerprint density at radius 2 is 2.46 bits per heavy atom. The van der Waals surface area contributed by atoms with Gasteiger partial charge in [-0.05, 0) is 13.0 Å². The summed E-state index contributed by atoms with van der Waals surface area (Å²) in [4.78, 5) is 5.44. The van der Waals surface area contributed by atoms with Crippen LogP contribution in [0.25, 0.3) is 0 Å². The minimum Gasteiger partial charge on any atom is -0.343 e. The number of anilines is 1. The van der Waals surface area contributed by atoms with E-state index in [1.54, 1.807) is 11.8 Å². The summed E-state index contributed by atoms with van der Waals surface area (Å²) >= 11 is 7.67. The van der Waals surface area contributed by atoms with Gasteiger partial charge in [-0.3, -0.25) is 0 Å². The molecule has 0 saturated heterocycles. The fraction of sp³-hybridized carbons (Fsp3) is 0.222. The van der Waals surface area contributed by atoms with Crippen LogP contribution in [-0.4, -0.2) is 10.7 Å². The molecule has 0 fully saturated rings. The molecule has 2 heterocycles. The van der Waals surface area contributed by atoms with Gasteiger partial charge in [-0.25, -0.2) is 4.98 Å². The summed E-state index contributed by atoms with van der Waals surface area (Å²) in [6.07, 6.45) is 0. The molecule has 0 saturated carbocycles. The predicted molar refractivity (Wildman–Crippen MR) is 57.5 cm³/mol. The van der Waals surface area contributed by atoms with Crippen molar-refractivity contribution in [3.05, 3.63) is 29.1 Å². The van der Waals surface area contributed by atoms with Crippen LogP contribution in [0.3, 0.4) is 0 Å². The Bertz CT molecular complexity index is 376. The molecule has 0 spiro atoms. The highest BCUT2D eigenvalue weighted by atomic mass is 35.5. The Morgan fingerprint density at radius 3 is 3.23 bits per heavy atom. The third kappa shape index (κ3) is 1.67. The fourth-order valence-electron chi connectivity index (χ4n) is 1.13. The molecule has 4 heteroatoms. The lowest BCUT2D eigenvalue weighted by Crippen LogP contribution is -2.09. The summed E-state index contributed by atoms with van der Waals surface area (Å²) in [5.74, 6) is 1.76. The lowest BCUT2D eigenvalue weighted by molar-refractivity contribution is 1.12. The number of halogens is 1. The van der Waals surface area contributed by atoms with Crippen molar-refractivity contribution in [3.63, 3.8) is 0 Å². The molecule has 0 bridgehead atoms. The van der Waals surface area contributed by atoms with Crippen molar-refractivity contribution in [1.82, 2.24) is 4.98 Å². The van der Waals surface area contributed by atoms with Crippen LogP contribution in [0.1, 0.15) is 5.69 Å². The van der Waals surface area contributed by atoms with E-state index in [1.165, 1.54) is 0 Å². The zero-order valence-electron chi connectivity index (χ0n) is 7.22. The van der Waals surface area contributed by atoms with E-state index in [0.717, 1.165) is 32.9 Å². The average Bonchev–Trinajstić information content (AvgIpc) is 2.08. The number of thioether (sulfide) groups is 1. The third-order valence-corrected chi connectivity index (χ3v) is 3.31. The quantitative estimate of drug-likeness (QED) is 0.716. The van der Waals surface area contributed by atoms with Gasteiger partial charge in [0.1, 0.15) is 5.82 Å². The number of hydrogen-bond acceptors (Lipinski definition) is 3. The number of aromatic nitrogens is 1. The first kappa shape index (κ1) is 8.91. The topological polar surface area (TPSA) is 24.9 Å². The number of nitrogens with zero attached hydrogens (tertiary/aromatic N) is 1. The molecule has 2 nitrogen and oxygen atoms in total. The van der Waals surface area contributed by atoms with Crippen LogP contribution in [0.4, 0.5) is 5.82 Å². The molecule has 1 aliphatic heterocycles. The van der Waals surface area contributed by atoms with Crippen molar-refractivity contribution in [1.29, 1.82) is 0 Å². The molecule has 1 N–H and O–H groups in total. The first-order valence-corrected chi connectivity index (χ1v) is 5.28. The van der Waals surface area contributed by atoms with Crippen molar-refractivity contribution in [2.75, 3.05) is 11.1 Å². The Morgan fingerprint density at radius 1 is 1.69 bits per heavy atom. The second-order valence-electron chi connectivity index (χ2n) is 2.92. The predicted octanol–water partition coefficient (Wildman–Crippen LogP) is 3.07. The highest BCUT2D eigenvalue weighted by molar-refractivity contribution is 7.99. The second kappa shape index (κ2) is 3.24. The molecular formula is C9H9ClN2S. The smallest absolute Gasteiger partial charge is 0.144 e. The summed E-state index contributed by atoms with van der Waals surface area (Å²) < 4.78 is 0. The van der Waals surface area contributed by atoms with Crippen molar-refractivity contribution < 1.29 is 0 Å². The van der Waals surface area contributed by atoms with Crippen LogP contribution in [0.5, 0.6) is 0 Å². The number of nitrogens with one attached hydrogen (secondary N) is 1. The average molecular weight is 213 g/mol. The Labute approximate surface area is 86.4 Å². The van der Waals surface area contributed by atoms with Crippen LogP contribution in [0.2, 0.25) is 5.02 Å². The highest BCUT2D eigenvalue weighted by Gasteiger charge is 2.14. The number of aryl methyl sites for hydroxylation is 1. The van der Waals surface area contributed by atoms with Gasteiger partial charge in [0.05, 0.1) is 15.6 Å². The standard InChI is InChI=1S/C9H9ClN2S/c1-5-4-13-8-3-7(10)6(2)12-9(8)11-5/h3H,1,4H2,2H3,(H,11,12). The Hall–Kier alpha value is -0.670. The number of hydrogen-bond donors (Lipinski definition) is 1. The number of fused-ring (bicyclic) bond motifs is 1. The molecule has 0 amide bonds. The van der Waals surface area contributed by atoms with E-state index >= 15 is 0 Å². The minimum absolute atomic E-state index is 0.723. The van der Waals surface area contributed by atoms with E-state index in [0.29, 0.717) is 0 Å². The van der Waals surface area contributed by atoms with Gasteiger partial charge in [0.15, 0.2) is 0 Å². The summed E-state index contributed by atoms with van der Waals surface area (Å²) in [5.41, 5.74) is 1.84.